The van der Waals surface area contributed by atoms with E-state index in [0.29, 0.717) is 11.5 Å². The fraction of sp³-hybridized carbons (Fsp3) is 0.455. The zero-order chi connectivity index (χ0) is 18.4. The highest BCUT2D eigenvalue weighted by Crippen LogP contribution is 2.60. The van der Waals surface area contributed by atoms with Crippen molar-refractivity contribution in [2.75, 3.05) is 10.6 Å². The number of carbonyl (C=O) groups excluding carboxylic acids is 1. The molecule has 0 saturated heterocycles. The van der Waals surface area contributed by atoms with Crippen molar-refractivity contribution in [3.8, 4) is 5.75 Å². The molecular formula is C22H25N3O2. The van der Waals surface area contributed by atoms with E-state index in [1.807, 2.05) is 12.1 Å². The molecule has 27 heavy (non-hydrogen) atoms. The smallest absolute Gasteiger partial charge is 0.230 e. The third-order valence-corrected chi connectivity index (χ3v) is 6.71. The van der Waals surface area contributed by atoms with Crippen molar-refractivity contribution < 1.29 is 9.90 Å². The molecule has 0 spiro atoms. The van der Waals surface area contributed by atoms with Crippen LogP contribution in [0.3, 0.4) is 0 Å². The summed E-state index contributed by atoms with van der Waals surface area (Å²) < 4.78 is 0. The maximum Gasteiger partial charge on any atom is 0.230 e. The van der Waals surface area contributed by atoms with Crippen molar-refractivity contribution in [3.05, 3.63) is 42.6 Å². The first-order valence-electron chi connectivity index (χ1n) is 9.92. The lowest BCUT2D eigenvalue weighted by atomic mass is 9.49. The summed E-state index contributed by atoms with van der Waals surface area (Å²) in [5.74, 6) is 3.24. The van der Waals surface area contributed by atoms with E-state index in [9.17, 15) is 9.90 Å². The quantitative estimate of drug-likeness (QED) is 0.689. The first-order chi connectivity index (χ1) is 13.1. The zero-order valence-electron chi connectivity index (χ0n) is 15.3. The predicted molar refractivity (Wildman–Crippen MR) is 105 cm³/mol. The first kappa shape index (κ1) is 16.6. The number of phenols is 1. The number of aromatic hydroxyl groups is 1. The molecule has 4 bridgehead atoms. The van der Waals surface area contributed by atoms with E-state index in [1.54, 1.807) is 30.5 Å². The maximum absolute atomic E-state index is 13.3. The second-order valence-corrected chi connectivity index (χ2v) is 8.72. The lowest BCUT2D eigenvalue weighted by molar-refractivity contribution is -0.140. The minimum atomic E-state index is -0.180. The number of anilines is 3. The van der Waals surface area contributed by atoms with Gasteiger partial charge >= 0.3 is 0 Å². The van der Waals surface area contributed by atoms with Crippen LogP contribution in [0, 0.1) is 23.2 Å². The molecule has 0 atom stereocenters. The highest BCUT2D eigenvalue weighted by atomic mass is 16.3. The number of nitrogens with one attached hydrogen (secondary N) is 2. The molecule has 0 aliphatic heterocycles. The summed E-state index contributed by atoms with van der Waals surface area (Å²) in [5, 5.41) is 15.9. The Morgan fingerprint density at radius 2 is 1.63 bits per heavy atom. The lowest BCUT2D eigenvalue weighted by Crippen LogP contribution is -2.51. The third-order valence-electron chi connectivity index (χ3n) is 6.71. The normalized spacial score (nSPS) is 30.9. The number of nitrogens with zero attached hydrogens (tertiary/aromatic N) is 1. The fourth-order valence-corrected chi connectivity index (χ4v) is 5.93. The van der Waals surface area contributed by atoms with Gasteiger partial charge in [-0.25, -0.2) is 4.98 Å². The summed E-state index contributed by atoms with van der Waals surface area (Å²) >= 11 is 0. The second-order valence-electron chi connectivity index (χ2n) is 8.72. The Hall–Kier alpha value is -2.56. The number of pyridine rings is 1. The van der Waals surface area contributed by atoms with Crippen LogP contribution in [0.25, 0.3) is 0 Å². The summed E-state index contributed by atoms with van der Waals surface area (Å²) in [6, 6.07) is 10.6. The Labute approximate surface area is 159 Å². The fourth-order valence-electron chi connectivity index (χ4n) is 5.93. The van der Waals surface area contributed by atoms with Gasteiger partial charge in [0.2, 0.25) is 5.91 Å². The van der Waals surface area contributed by atoms with Crippen molar-refractivity contribution in [3.63, 3.8) is 0 Å². The van der Waals surface area contributed by atoms with Crippen molar-refractivity contribution >= 4 is 23.1 Å². The lowest BCUT2D eigenvalue weighted by Gasteiger charge is -2.55. The molecule has 4 saturated carbocycles. The summed E-state index contributed by atoms with van der Waals surface area (Å²) in [5.41, 5.74) is 1.35. The van der Waals surface area contributed by atoms with Gasteiger partial charge in [-0.3, -0.25) is 4.79 Å². The van der Waals surface area contributed by atoms with Crippen molar-refractivity contribution in [1.82, 2.24) is 4.98 Å². The molecule has 1 aromatic carbocycles. The Balaban J connectivity index is 1.36. The van der Waals surface area contributed by atoms with E-state index >= 15 is 0 Å². The van der Waals surface area contributed by atoms with Crippen LogP contribution in [-0.2, 0) is 4.79 Å². The predicted octanol–water partition coefficient (Wildman–Crippen LogP) is 4.69. The molecule has 1 amide bonds. The molecule has 3 N–H and O–H groups in total. The van der Waals surface area contributed by atoms with Gasteiger partial charge in [-0.05, 0) is 92.7 Å². The number of hydrogen-bond donors (Lipinski definition) is 3. The maximum atomic E-state index is 13.3. The highest BCUT2D eigenvalue weighted by molar-refractivity contribution is 5.98. The van der Waals surface area contributed by atoms with Crippen molar-refractivity contribution in [2.45, 2.75) is 38.5 Å². The molecule has 140 valence electrons. The van der Waals surface area contributed by atoms with E-state index < -0.39 is 0 Å². The van der Waals surface area contributed by atoms with E-state index in [1.165, 1.54) is 19.3 Å². The Bertz CT molecular complexity index is 827. The standard InChI is InChI=1S/C22H25N3O2/c26-18-5-3-17(4-6-18)24-20-19(2-1-7-23-20)25-21(27)22-11-14-8-15(12-22)10-16(9-14)13-22/h1-7,14-16,26H,8-13H2,(H,23,24)(H,25,27). The zero-order valence-corrected chi connectivity index (χ0v) is 15.3. The van der Waals surface area contributed by atoms with Gasteiger partial charge in [0.1, 0.15) is 5.75 Å². The van der Waals surface area contributed by atoms with Crippen molar-refractivity contribution in [1.29, 1.82) is 0 Å². The van der Waals surface area contributed by atoms with Gasteiger partial charge in [0.25, 0.3) is 0 Å². The van der Waals surface area contributed by atoms with Crippen LogP contribution in [0.2, 0.25) is 0 Å². The van der Waals surface area contributed by atoms with Crippen LogP contribution >= 0.6 is 0 Å². The minimum absolute atomic E-state index is 0.170. The van der Waals surface area contributed by atoms with Crippen molar-refractivity contribution in [2.24, 2.45) is 23.2 Å². The van der Waals surface area contributed by atoms with Gasteiger partial charge in [-0.15, -0.1) is 0 Å². The molecule has 1 aromatic heterocycles. The van der Waals surface area contributed by atoms with Crippen LogP contribution in [0.15, 0.2) is 42.6 Å². The largest absolute Gasteiger partial charge is 0.508 e. The van der Waals surface area contributed by atoms with E-state index in [-0.39, 0.29) is 17.1 Å². The van der Waals surface area contributed by atoms with Gasteiger partial charge in [0.15, 0.2) is 5.82 Å². The number of phenolic OH excluding ortho intramolecular Hbond substituents is 1. The average molecular weight is 363 g/mol. The molecule has 5 nitrogen and oxygen atoms in total. The Morgan fingerprint density at radius 3 is 2.26 bits per heavy atom. The summed E-state index contributed by atoms with van der Waals surface area (Å²) in [4.78, 5) is 17.7. The first-order valence-corrected chi connectivity index (χ1v) is 9.92. The van der Waals surface area contributed by atoms with Gasteiger partial charge in [0, 0.05) is 11.9 Å². The Morgan fingerprint density at radius 1 is 1.00 bits per heavy atom. The number of carbonyl (C=O) groups is 1. The number of rotatable bonds is 4. The number of aromatic nitrogens is 1. The second kappa shape index (κ2) is 6.25. The number of hydrogen-bond acceptors (Lipinski definition) is 4. The Kier molecular flexibility index (Phi) is 3.85. The SMILES string of the molecule is O=C(Nc1cccnc1Nc1ccc(O)cc1)C12CC3CC(CC(C3)C1)C2. The molecule has 0 radical (unpaired) electrons. The topological polar surface area (TPSA) is 74.2 Å². The van der Waals surface area contributed by atoms with Crippen LogP contribution < -0.4 is 10.6 Å². The summed E-state index contributed by atoms with van der Waals surface area (Å²) in [6.45, 7) is 0. The minimum Gasteiger partial charge on any atom is -0.508 e. The van der Waals surface area contributed by atoms with Crippen LogP contribution in [0.5, 0.6) is 5.75 Å². The molecule has 6 rings (SSSR count). The number of amides is 1. The molecule has 0 unspecified atom stereocenters. The summed E-state index contributed by atoms with van der Waals surface area (Å²) in [7, 11) is 0. The molecule has 4 fully saturated rings. The monoisotopic (exact) mass is 363 g/mol. The molecule has 2 aromatic rings. The van der Waals surface area contributed by atoms with E-state index in [0.717, 1.165) is 42.7 Å². The van der Waals surface area contributed by atoms with Gasteiger partial charge in [-0.1, -0.05) is 0 Å². The van der Waals surface area contributed by atoms with E-state index in [2.05, 4.69) is 15.6 Å². The molecule has 4 aliphatic rings. The molecule has 1 heterocycles. The highest BCUT2D eigenvalue weighted by Gasteiger charge is 2.54. The number of benzene rings is 1. The molecular weight excluding hydrogens is 338 g/mol. The third kappa shape index (κ3) is 3.05. The van der Waals surface area contributed by atoms with Crippen LogP contribution in [0.1, 0.15) is 38.5 Å². The molecule has 4 aliphatic carbocycles. The average Bonchev–Trinajstić information content (AvgIpc) is 2.64. The van der Waals surface area contributed by atoms with Gasteiger partial charge in [0.05, 0.1) is 11.1 Å². The van der Waals surface area contributed by atoms with Gasteiger partial charge < -0.3 is 15.7 Å². The van der Waals surface area contributed by atoms with Crippen LogP contribution in [-0.4, -0.2) is 16.0 Å². The van der Waals surface area contributed by atoms with E-state index in [4.69, 9.17) is 0 Å². The van der Waals surface area contributed by atoms with Gasteiger partial charge in [-0.2, -0.15) is 0 Å². The molecule has 5 heteroatoms. The van der Waals surface area contributed by atoms with Crippen LogP contribution in [0.4, 0.5) is 17.2 Å². The summed E-state index contributed by atoms with van der Waals surface area (Å²) in [6.07, 6.45) is 8.83.